The maximum atomic E-state index is 14.5. The van der Waals surface area contributed by atoms with E-state index in [0.717, 1.165) is 11.3 Å². The maximum Gasteiger partial charge on any atom is 0.271 e. The van der Waals surface area contributed by atoms with Crippen LogP contribution in [0.3, 0.4) is 0 Å². The predicted molar refractivity (Wildman–Crippen MR) is 143 cm³/mol. The Morgan fingerprint density at radius 1 is 1.29 bits per heavy atom. The molecule has 1 aromatic carbocycles. The first kappa shape index (κ1) is 26.0. The van der Waals surface area contributed by atoms with E-state index < -0.39 is 34.8 Å². The highest BCUT2D eigenvalue weighted by Gasteiger charge is 2.35. The second-order valence-corrected chi connectivity index (χ2v) is 10.5. The normalized spacial score (nSPS) is 16.1. The average Bonchev–Trinajstić information content (AvgIpc) is 3.56. The number of hydrogen-bond acceptors (Lipinski definition) is 7. The van der Waals surface area contributed by atoms with Crippen molar-refractivity contribution in [1.29, 1.82) is 0 Å². The number of aromatic hydroxyl groups is 1. The molecule has 11 heteroatoms. The SMILES string of the molecule is CC[C@@H](c1ccccc1)n1c(-c2nc(C)cs2)nc(O)c(C(=O)N2CCC(c3ncc(Cl)cc3F)C2)c1=O. The van der Waals surface area contributed by atoms with Gasteiger partial charge in [0.1, 0.15) is 5.82 Å². The first-order valence-corrected chi connectivity index (χ1v) is 13.5. The van der Waals surface area contributed by atoms with Crippen LogP contribution >= 0.6 is 22.9 Å². The Hall–Kier alpha value is -3.63. The highest BCUT2D eigenvalue weighted by atomic mass is 35.5. The number of thiazole rings is 1. The van der Waals surface area contributed by atoms with Gasteiger partial charge in [-0.2, -0.15) is 4.98 Å². The van der Waals surface area contributed by atoms with Crippen molar-refractivity contribution in [3.63, 3.8) is 0 Å². The van der Waals surface area contributed by atoms with Gasteiger partial charge in [0.05, 0.1) is 16.8 Å². The zero-order valence-corrected chi connectivity index (χ0v) is 22.3. The van der Waals surface area contributed by atoms with Crippen molar-refractivity contribution >= 4 is 28.8 Å². The summed E-state index contributed by atoms with van der Waals surface area (Å²) in [5, 5.41) is 13.4. The van der Waals surface area contributed by atoms with Crippen molar-refractivity contribution < 1.29 is 14.3 Å². The third-order valence-electron chi connectivity index (χ3n) is 6.70. The van der Waals surface area contributed by atoms with Crippen molar-refractivity contribution in [2.45, 2.75) is 38.6 Å². The number of amides is 1. The van der Waals surface area contributed by atoms with Crippen molar-refractivity contribution in [1.82, 2.24) is 24.4 Å². The molecule has 1 fully saturated rings. The molecule has 38 heavy (non-hydrogen) atoms. The monoisotopic (exact) mass is 553 g/mol. The van der Waals surface area contributed by atoms with Gasteiger partial charge in [-0.15, -0.1) is 11.3 Å². The minimum Gasteiger partial charge on any atom is -0.493 e. The molecule has 0 bridgehead atoms. The molecule has 1 saturated heterocycles. The van der Waals surface area contributed by atoms with E-state index in [9.17, 15) is 19.1 Å². The number of rotatable bonds is 6. The molecule has 2 atom stereocenters. The molecule has 0 spiro atoms. The van der Waals surface area contributed by atoms with Crippen LogP contribution in [0.4, 0.5) is 4.39 Å². The molecule has 1 amide bonds. The molecule has 4 heterocycles. The molecule has 0 aliphatic carbocycles. The van der Waals surface area contributed by atoms with Crippen LogP contribution in [-0.2, 0) is 0 Å². The number of nitrogens with zero attached hydrogens (tertiary/aromatic N) is 5. The van der Waals surface area contributed by atoms with Crippen molar-refractivity contribution in [2.75, 3.05) is 13.1 Å². The molecule has 0 radical (unpaired) electrons. The quantitative estimate of drug-likeness (QED) is 0.352. The summed E-state index contributed by atoms with van der Waals surface area (Å²) in [6.07, 6.45) is 2.36. The first-order chi connectivity index (χ1) is 18.3. The fourth-order valence-corrected chi connectivity index (χ4v) is 5.83. The van der Waals surface area contributed by atoms with Crippen LogP contribution in [0, 0.1) is 12.7 Å². The fraction of sp³-hybridized carbons (Fsp3) is 0.296. The van der Waals surface area contributed by atoms with E-state index in [1.165, 1.54) is 33.1 Å². The zero-order valence-electron chi connectivity index (χ0n) is 20.8. The molecule has 5 rings (SSSR count). The lowest BCUT2D eigenvalue weighted by molar-refractivity contribution is 0.0783. The largest absolute Gasteiger partial charge is 0.493 e. The molecule has 1 unspecified atom stereocenters. The van der Waals surface area contributed by atoms with Gasteiger partial charge in [0.15, 0.2) is 16.4 Å². The topological polar surface area (TPSA) is 101 Å². The number of aromatic nitrogens is 4. The summed E-state index contributed by atoms with van der Waals surface area (Å²) < 4.78 is 15.9. The lowest BCUT2D eigenvalue weighted by Crippen LogP contribution is -2.38. The van der Waals surface area contributed by atoms with Crippen molar-refractivity contribution in [3.05, 3.63) is 91.7 Å². The summed E-state index contributed by atoms with van der Waals surface area (Å²) in [6.45, 7) is 4.19. The van der Waals surface area contributed by atoms with E-state index in [-0.39, 0.29) is 35.5 Å². The molecule has 0 saturated carbocycles. The minimum atomic E-state index is -0.657. The molecule has 1 aliphatic heterocycles. The number of pyridine rings is 1. The van der Waals surface area contributed by atoms with Crippen molar-refractivity contribution in [2.24, 2.45) is 0 Å². The van der Waals surface area contributed by atoms with Crippen LogP contribution in [0.25, 0.3) is 10.8 Å². The molecule has 3 aromatic heterocycles. The summed E-state index contributed by atoms with van der Waals surface area (Å²) in [7, 11) is 0. The summed E-state index contributed by atoms with van der Waals surface area (Å²) in [6, 6.07) is 10.2. The van der Waals surface area contributed by atoms with Crippen LogP contribution in [0.5, 0.6) is 5.88 Å². The smallest absolute Gasteiger partial charge is 0.271 e. The van der Waals surface area contributed by atoms with E-state index in [2.05, 4.69) is 15.0 Å². The number of benzene rings is 1. The number of hydrogen-bond donors (Lipinski definition) is 1. The Morgan fingerprint density at radius 3 is 2.71 bits per heavy atom. The summed E-state index contributed by atoms with van der Waals surface area (Å²) in [4.78, 5) is 42.0. The van der Waals surface area contributed by atoms with E-state index in [4.69, 9.17) is 11.6 Å². The number of likely N-dealkylation sites (tertiary alicyclic amines) is 1. The van der Waals surface area contributed by atoms with E-state index >= 15 is 0 Å². The van der Waals surface area contributed by atoms with Gasteiger partial charge in [-0.3, -0.25) is 19.1 Å². The van der Waals surface area contributed by atoms with E-state index in [0.29, 0.717) is 17.8 Å². The third-order valence-corrected chi connectivity index (χ3v) is 7.86. The summed E-state index contributed by atoms with van der Waals surface area (Å²) in [5.41, 5.74) is 0.767. The van der Waals surface area contributed by atoms with Gasteiger partial charge in [0.2, 0.25) is 5.88 Å². The van der Waals surface area contributed by atoms with Gasteiger partial charge < -0.3 is 10.0 Å². The second-order valence-electron chi connectivity index (χ2n) is 9.20. The average molecular weight is 554 g/mol. The van der Waals surface area contributed by atoms with E-state index in [1.807, 2.05) is 49.6 Å². The molecule has 1 aliphatic rings. The lowest BCUT2D eigenvalue weighted by Gasteiger charge is -2.23. The van der Waals surface area contributed by atoms with Gasteiger partial charge in [0.25, 0.3) is 11.5 Å². The van der Waals surface area contributed by atoms with E-state index in [1.54, 1.807) is 0 Å². The second kappa shape index (κ2) is 10.6. The summed E-state index contributed by atoms with van der Waals surface area (Å²) in [5.74, 6) is -2.01. The van der Waals surface area contributed by atoms with Gasteiger partial charge in [-0.25, -0.2) is 9.37 Å². The lowest BCUT2D eigenvalue weighted by atomic mass is 10.0. The Balaban J connectivity index is 1.57. The Kier molecular flexibility index (Phi) is 7.27. The number of aryl methyl sites for hydroxylation is 1. The van der Waals surface area contributed by atoms with Crippen LogP contribution in [0.2, 0.25) is 5.02 Å². The molecular weight excluding hydrogens is 529 g/mol. The first-order valence-electron chi connectivity index (χ1n) is 12.2. The summed E-state index contributed by atoms with van der Waals surface area (Å²) >= 11 is 7.14. The van der Waals surface area contributed by atoms with Gasteiger partial charge in [-0.05, 0) is 31.4 Å². The third kappa shape index (κ3) is 4.81. The van der Waals surface area contributed by atoms with Crippen LogP contribution in [0.15, 0.2) is 52.8 Å². The Labute approximate surface area is 227 Å². The van der Waals surface area contributed by atoms with Crippen LogP contribution in [-0.4, -0.2) is 48.5 Å². The van der Waals surface area contributed by atoms with Gasteiger partial charge in [-0.1, -0.05) is 48.9 Å². The molecule has 8 nitrogen and oxygen atoms in total. The highest BCUT2D eigenvalue weighted by molar-refractivity contribution is 7.13. The van der Waals surface area contributed by atoms with Gasteiger partial charge >= 0.3 is 0 Å². The molecular formula is C27H25ClFN5O3S. The number of carbonyl (C=O) groups is 1. The molecule has 196 valence electrons. The van der Waals surface area contributed by atoms with Crippen LogP contribution in [0.1, 0.15) is 59.0 Å². The molecule has 4 aromatic rings. The maximum absolute atomic E-state index is 14.5. The Bertz CT molecular complexity index is 1560. The predicted octanol–water partition coefficient (Wildman–Crippen LogP) is 5.20. The Morgan fingerprint density at radius 2 is 2.05 bits per heavy atom. The fourth-order valence-electron chi connectivity index (χ4n) is 4.90. The van der Waals surface area contributed by atoms with Crippen LogP contribution < -0.4 is 5.56 Å². The minimum absolute atomic E-state index is 0.145. The van der Waals surface area contributed by atoms with Gasteiger partial charge in [0, 0.05) is 36.3 Å². The van der Waals surface area contributed by atoms with Crippen molar-refractivity contribution in [3.8, 4) is 16.7 Å². The highest BCUT2D eigenvalue weighted by Crippen LogP contribution is 2.33. The molecule has 1 N–H and O–H groups in total. The number of halogens is 2. The number of carbonyl (C=O) groups excluding carboxylic acids is 1. The standard InChI is InChI=1S/C27H25ClFN5O3S/c1-3-20(16-7-5-4-6-8-16)34-23(25-31-15(2)14-38-25)32-24(35)21(27(34)37)26(36)33-10-9-17(13-33)22-19(29)11-18(28)12-30-22/h4-8,11-12,14,17,20,35H,3,9-10,13H2,1-2H3/t17?,20-/m0/s1. The zero-order chi connectivity index (χ0) is 27.0.